The molecule has 0 saturated carbocycles. The van der Waals surface area contributed by atoms with Gasteiger partial charge in [0.1, 0.15) is 0 Å². The molecule has 5 nitrogen and oxygen atoms in total. The number of amides is 2. The predicted molar refractivity (Wildman–Crippen MR) is 110 cm³/mol. The van der Waals surface area contributed by atoms with Crippen LogP contribution in [-0.2, 0) is 16.0 Å². The van der Waals surface area contributed by atoms with Gasteiger partial charge in [-0.25, -0.2) is 0 Å². The quantitative estimate of drug-likeness (QED) is 0.719. The fourth-order valence-corrected chi connectivity index (χ4v) is 4.00. The lowest BCUT2D eigenvalue weighted by molar-refractivity contribution is -0.133. The van der Waals surface area contributed by atoms with E-state index in [1.807, 2.05) is 41.3 Å². The van der Waals surface area contributed by atoms with Crippen LogP contribution in [0.5, 0.6) is 0 Å². The van der Waals surface area contributed by atoms with E-state index >= 15 is 0 Å². The Labute approximate surface area is 164 Å². The number of rotatable bonds is 5. The summed E-state index contributed by atoms with van der Waals surface area (Å²) in [6, 6.07) is 17.9. The molecule has 0 spiro atoms. The van der Waals surface area contributed by atoms with E-state index in [-0.39, 0.29) is 18.4 Å². The summed E-state index contributed by atoms with van der Waals surface area (Å²) in [7, 11) is 0. The van der Waals surface area contributed by atoms with Gasteiger partial charge in [0.05, 0.1) is 13.0 Å². The normalized spacial score (nSPS) is 14.9. The number of aromatic nitrogens is 1. The molecule has 1 saturated heterocycles. The van der Waals surface area contributed by atoms with Crippen LogP contribution in [0.3, 0.4) is 0 Å². The van der Waals surface area contributed by atoms with E-state index in [9.17, 15) is 9.59 Å². The number of para-hydroxylation sites is 1. The smallest absolute Gasteiger partial charge is 0.241 e. The summed E-state index contributed by atoms with van der Waals surface area (Å²) >= 11 is 0. The average Bonchev–Trinajstić information content (AvgIpc) is 3.17. The number of hydrogen-bond acceptors (Lipinski definition) is 2. The molecular formula is C23H25N3O2. The molecule has 1 fully saturated rings. The van der Waals surface area contributed by atoms with Crippen LogP contribution >= 0.6 is 0 Å². The number of carbonyl (C=O) groups excluding carboxylic acids is 2. The van der Waals surface area contributed by atoms with Gasteiger partial charge in [-0.1, -0.05) is 48.5 Å². The molecule has 1 aliphatic heterocycles. The number of fused-ring (bicyclic) bond motifs is 1. The van der Waals surface area contributed by atoms with Gasteiger partial charge in [-0.05, 0) is 36.0 Å². The lowest BCUT2D eigenvalue weighted by Crippen LogP contribution is -2.44. The zero-order chi connectivity index (χ0) is 19.3. The highest BCUT2D eigenvalue weighted by molar-refractivity contribution is 5.86. The van der Waals surface area contributed by atoms with Gasteiger partial charge in [-0.15, -0.1) is 0 Å². The first-order valence-electron chi connectivity index (χ1n) is 9.85. The molecule has 1 aliphatic rings. The minimum atomic E-state index is -0.117. The van der Waals surface area contributed by atoms with Gasteiger partial charge >= 0.3 is 0 Å². The summed E-state index contributed by atoms with van der Waals surface area (Å²) in [5, 5.41) is 4.03. The van der Waals surface area contributed by atoms with Crippen LogP contribution in [0.1, 0.15) is 29.9 Å². The van der Waals surface area contributed by atoms with Crippen LogP contribution in [0.15, 0.2) is 60.8 Å². The molecule has 0 radical (unpaired) electrons. The van der Waals surface area contributed by atoms with Gasteiger partial charge in [0, 0.05) is 30.2 Å². The highest BCUT2D eigenvalue weighted by Crippen LogP contribution is 2.33. The largest absolute Gasteiger partial charge is 0.361 e. The van der Waals surface area contributed by atoms with Gasteiger partial charge in [0.2, 0.25) is 11.8 Å². The predicted octanol–water partition coefficient (Wildman–Crippen LogP) is 3.23. The molecule has 0 aliphatic carbocycles. The molecule has 144 valence electrons. The standard InChI is InChI=1S/C23H25N3O2/c27-22(14-17-6-2-1-3-7-17)25-16-23(28)26-12-10-18(11-13-26)20-15-24-21-9-5-4-8-19(20)21/h1-9,15,18,24H,10-14,16H2,(H,25,27). The zero-order valence-corrected chi connectivity index (χ0v) is 15.9. The Morgan fingerprint density at radius 1 is 1.00 bits per heavy atom. The average molecular weight is 375 g/mol. The molecule has 3 aromatic rings. The molecule has 2 aromatic carbocycles. The molecule has 0 atom stereocenters. The number of piperidine rings is 1. The fraction of sp³-hybridized carbons (Fsp3) is 0.304. The molecule has 0 unspecified atom stereocenters. The van der Waals surface area contributed by atoms with Crippen molar-refractivity contribution >= 4 is 22.7 Å². The van der Waals surface area contributed by atoms with Gasteiger partial charge < -0.3 is 15.2 Å². The van der Waals surface area contributed by atoms with Crippen molar-refractivity contribution in [3.8, 4) is 0 Å². The third-order valence-electron chi connectivity index (χ3n) is 5.55. The van der Waals surface area contributed by atoms with Crippen LogP contribution in [0.2, 0.25) is 0 Å². The Kier molecular flexibility index (Phi) is 5.42. The van der Waals surface area contributed by atoms with E-state index < -0.39 is 0 Å². The summed E-state index contributed by atoms with van der Waals surface area (Å²) in [6.45, 7) is 1.54. The number of nitrogens with zero attached hydrogens (tertiary/aromatic N) is 1. The number of benzene rings is 2. The molecular weight excluding hydrogens is 350 g/mol. The second kappa shape index (κ2) is 8.30. The zero-order valence-electron chi connectivity index (χ0n) is 15.9. The maximum absolute atomic E-state index is 12.5. The molecule has 2 heterocycles. The molecule has 2 amide bonds. The summed E-state index contributed by atoms with van der Waals surface area (Å²) in [4.78, 5) is 29.7. The second-order valence-corrected chi connectivity index (χ2v) is 7.38. The van der Waals surface area contributed by atoms with E-state index in [0.29, 0.717) is 12.3 Å². The minimum absolute atomic E-state index is 0.00112. The van der Waals surface area contributed by atoms with Gasteiger partial charge in [0.15, 0.2) is 0 Å². The lowest BCUT2D eigenvalue weighted by Gasteiger charge is -2.32. The fourth-order valence-electron chi connectivity index (χ4n) is 4.00. The molecule has 4 rings (SSSR count). The number of aromatic amines is 1. The summed E-state index contributed by atoms with van der Waals surface area (Å²) in [6.07, 6.45) is 4.31. The van der Waals surface area contributed by atoms with Crippen molar-refractivity contribution < 1.29 is 9.59 Å². The van der Waals surface area contributed by atoms with Crippen molar-refractivity contribution in [2.45, 2.75) is 25.2 Å². The van der Waals surface area contributed by atoms with Crippen LogP contribution in [0.4, 0.5) is 0 Å². The summed E-state index contributed by atoms with van der Waals surface area (Å²) < 4.78 is 0. The third-order valence-corrected chi connectivity index (χ3v) is 5.55. The first kappa shape index (κ1) is 18.3. The van der Waals surface area contributed by atoms with E-state index in [4.69, 9.17) is 0 Å². The van der Waals surface area contributed by atoms with Crippen LogP contribution in [-0.4, -0.2) is 41.3 Å². The summed E-state index contributed by atoms with van der Waals surface area (Å²) in [5.74, 6) is 0.347. The van der Waals surface area contributed by atoms with Crippen molar-refractivity contribution in [1.82, 2.24) is 15.2 Å². The molecule has 2 N–H and O–H groups in total. The Morgan fingerprint density at radius 3 is 2.50 bits per heavy atom. The van der Waals surface area contributed by atoms with E-state index in [0.717, 1.165) is 37.0 Å². The maximum atomic E-state index is 12.5. The number of nitrogens with one attached hydrogen (secondary N) is 2. The summed E-state index contributed by atoms with van der Waals surface area (Å²) in [5.41, 5.74) is 3.46. The first-order valence-corrected chi connectivity index (χ1v) is 9.85. The van der Waals surface area contributed by atoms with Gasteiger partial charge in [0.25, 0.3) is 0 Å². The highest BCUT2D eigenvalue weighted by atomic mass is 16.2. The van der Waals surface area contributed by atoms with Gasteiger partial charge in [-0.3, -0.25) is 9.59 Å². The lowest BCUT2D eigenvalue weighted by atomic mass is 9.89. The maximum Gasteiger partial charge on any atom is 0.241 e. The monoisotopic (exact) mass is 375 g/mol. The molecule has 5 heteroatoms. The molecule has 1 aromatic heterocycles. The van der Waals surface area contributed by atoms with E-state index in [1.54, 1.807) is 0 Å². The Bertz CT molecular complexity index is 956. The molecule has 0 bridgehead atoms. The van der Waals surface area contributed by atoms with Crippen molar-refractivity contribution in [1.29, 1.82) is 0 Å². The Balaban J connectivity index is 1.26. The molecule has 28 heavy (non-hydrogen) atoms. The van der Waals surface area contributed by atoms with E-state index in [2.05, 4.69) is 34.7 Å². The van der Waals surface area contributed by atoms with Crippen molar-refractivity contribution in [3.63, 3.8) is 0 Å². The minimum Gasteiger partial charge on any atom is -0.361 e. The third kappa shape index (κ3) is 4.09. The van der Waals surface area contributed by atoms with Crippen LogP contribution < -0.4 is 5.32 Å². The van der Waals surface area contributed by atoms with E-state index in [1.165, 1.54) is 10.9 Å². The van der Waals surface area contributed by atoms with Crippen LogP contribution in [0, 0.1) is 0 Å². The van der Waals surface area contributed by atoms with Crippen molar-refractivity contribution in [3.05, 3.63) is 71.9 Å². The Morgan fingerprint density at radius 2 is 1.71 bits per heavy atom. The highest BCUT2D eigenvalue weighted by Gasteiger charge is 2.25. The van der Waals surface area contributed by atoms with Crippen LogP contribution in [0.25, 0.3) is 10.9 Å². The van der Waals surface area contributed by atoms with Crippen molar-refractivity contribution in [2.75, 3.05) is 19.6 Å². The number of carbonyl (C=O) groups is 2. The second-order valence-electron chi connectivity index (χ2n) is 7.38. The SMILES string of the molecule is O=C(Cc1ccccc1)NCC(=O)N1CCC(c2c[nH]c3ccccc23)CC1. The topological polar surface area (TPSA) is 65.2 Å². The van der Waals surface area contributed by atoms with Gasteiger partial charge in [-0.2, -0.15) is 0 Å². The number of likely N-dealkylation sites (tertiary alicyclic amines) is 1. The Hall–Kier alpha value is -3.08. The number of hydrogen-bond donors (Lipinski definition) is 2. The first-order chi connectivity index (χ1) is 13.7. The van der Waals surface area contributed by atoms with Crippen molar-refractivity contribution in [2.24, 2.45) is 0 Å². The number of H-pyrrole nitrogens is 1.